The van der Waals surface area contributed by atoms with Crippen molar-refractivity contribution in [2.24, 2.45) is 0 Å². The molecule has 2 aromatic rings. The molecule has 0 spiro atoms. The SMILES string of the molecule is COc1nc(Sc2ccc(C)cc2)ccc1C(=O)O. The molecule has 5 heteroatoms. The van der Waals surface area contributed by atoms with Crippen molar-refractivity contribution in [1.82, 2.24) is 4.98 Å². The molecule has 19 heavy (non-hydrogen) atoms. The van der Waals surface area contributed by atoms with Gasteiger partial charge in [-0.1, -0.05) is 29.5 Å². The highest BCUT2D eigenvalue weighted by Gasteiger charge is 2.13. The molecule has 2 rings (SSSR count). The Balaban J connectivity index is 2.26. The van der Waals surface area contributed by atoms with Crippen LogP contribution in [0, 0.1) is 6.92 Å². The first-order valence-corrected chi connectivity index (χ1v) is 6.44. The van der Waals surface area contributed by atoms with Gasteiger partial charge in [-0.2, -0.15) is 0 Å². The van der Waals surface area contributed by atoms with Crippen LogP contribution < -0.4 is 4.74 Å². The number of ether oxygens (including phenoxy) is 1. The topological polar surface area (TPSA) is 59.4 Å². The zero-order valence-electron chi connectivity index (χ0n) is 10.6. The number of methoxy groups -OCH3 is 1. The van der Waals surface area contributed by atoms with Crippen LogP contribution in [0.15, 0.2) is 46.3 Å². The van der Waals surface area contributed by atoms with Gasteiger partial charge in [0.2, 0.25) is 5.88 Å². The van der Waals surface area contributed by atoms with Crippen molar-refractivity contribution in [3.63, 3.8) is 0 Å². The molecule has 1 N–H and O–H groups in total. The van der Waals surface area contributed by atoms with Crippen LogP contribution in [-0.2, 0) is 0 Å². The molecule has 1 aromatic carbocycles. The number of nitrogens with zero attached hydrogens (tertiary/aromatic N) is 1. The zero-order valence-corrected chi connectivity index (χ0v) is 11.4. The lowest BCUT2D eigenvalue weighted by molar-refractivity contribution is 0.0692. The van der Waals surface area contributed by atoms with Crippen LogP contribution in [0.2, 0.25) is 0 Å². The van der Waals surface area contributed by atoms with Crippen LogP contribution in [0.5, 0.6) is 5.88 Å². The zero-order chi connectivity index (χ0) is 13.8. The maximum Gasteiger partial charge on any atom is 0.341 e. The van der Waals surface area contributed by atoms with E-state index in [9.17, 15) is 4.79 Å². The predicted octanol–water partition coefficient (Wildman–Crippen LogP) is 3.25. The second-order valence-electron chi connectivity index (χ2n) is 3.93. The highest BCUT2D eigenvalue weighted by molar-refractivity contribution is 7.99. The number of aromatic carboxylic acids is 1. The van der Waals surface area contributed by atoms with Crippen molar-refractivity contribution in [3.05, 3.63) is 47.5 Å². The van der Waals surface area contributed by atoms with Gasteiger partial charge in [0.25, 0.3) is 0 Å². The van der Waals surface area contributed by atoms with E-state index in [2.05, 4.69) is 4.98 Å². The van der Waals surface area contributed by atoms with E-state index in [1.807, 2.05) is 31.2 Å². The number of carbonyl (C=O) groups is 1. The van der Waals surface area contributed by atoms with Crippen LogP contribution in [0.4, 0.5) is 0 Å². The normalized spacial score (nSPS) is 10.2. The first kappa shape index (κ1) is 13.4. The standard InChI is InChI=1S/C14H13NO3S/c1-9-3-5-10(6-4-9)19-12-8-7-11(14(16)17)13(15-12)18-2/h3-8H,1-2H3,(H,16,17). The number of hydrogen-bond donors (Lipinski definition) is 1. The Morgan fingerprint density at radius 1 is 1.21 bits per heavy atom. The summed E-state index contributed by atoms with van der Waals surface area (Å²) < 4.78 is 5.00. The fourth-order valence-electron chi connectivity index (χ4n) is 1.53. The van der Waals surface area contributed by atoms with Gasteiger partial charge < -0.3 is 9.84 Å². The van der Waals surface area contributed by atoms with Crippen LogP contribution >= 0.6 is 11.8 Å². The van der Waals surface area contributed by atoms with E-state index in [4.69, 9.17) is 9.84 Å². The van der Waals surface area contributed by atoms with Gasteiger partial charge in [-0.15, -0.1) is 0 Å². The molecule has 1 heterocycles. The Morgan fingerprint density at radius 2 is 1.89 bits per heavy atom. The largest absolute Gasteiger partial charge is 0.480 e. The molecular formula is C14H13NO3S. The molecule has 4 nitrogen and oxygen atoms in total. The molecule has 0 saturated heterocycles. The third kappa shape index (κ3) is 3.26. The number of aryl methyl sites for hydroxylation is 1. The molecule has 0 amide bonds. The molecule has 0 aliphatic heterocycles. The molecule has 0 fully saturated rings. The summed E-state index contributed by atoms with van der Waals surface area (Å²) in [7, 11) is 1.41. The van der Waals surface area contributed by atoms with Crippen LogP contribution in [0.1, 0.15) is 15.9 Å². The molecule has 98 valence electrons. The minimum Gasteiger partial charge on any atom is -0.480 e. The predicted molar refractivity (Wildman–Crippen MR) is 73.1 cm³/mol. The maximum absolute atomic E-state index is 11.0. The fourth-order valence-corrected chi connectivity index (χ4v) is 2.30. The van der Waals surface area contributed by atoms with Crippen molar-refractivity contribution in [2.75, 3.05) is 7.11 Å². The lowest BCUT2D eigenvalue weighted by Crippen LogP contribution is -2.02. The summed E-state index contributed by atoms with van der Waals surface area (Å²) in [4.78, 5) is 16.2. The summed E-state index contributed by atoms with van der Waals surface area (Å²) in [6, 6.07) is 11.2. The van der Waals surface area contributed by atoms with Crippen LogP contribution in [0.25, 0.3) is 0 Å². The van der Waals surface area contributed by atoms with Gasteiger partial charge in [0, 0.05) is 4.90 Å². The highest BCUT2D eigenvalue weighted by Crippen LogP contribution is 2.29. The molecule has 0 aliphatic rings. The summed E-state index contributed by atoms with van der Waals surface area (Å²) in [6.45, 7) is 2.03. The van der Waals surface area contributed by atoms with E-state index >= 15 is 0 Å². The number of hydrogen-bond acceptors (Lipinski definition) is 4. The maximum atomic E-state index is 11.0. The summed E-state index contributed by atoms with van der Waals surface area (Å²) in [6.07, 6.45) is 0. The number of aromatic nitrogens is 1. The van der Waals surface area contributed by atoms with E-state index in [0.717, 1.165) is 4.90 Å². The van der Waals surface area contributed by atoms with Crippen molar-refractivity contribution < 1.29 is 14.6 Å². The second kappa shape index (κ2) is 5.75. The minimum atomic E-state index is -1.05. The molecule has 1 aromatic heterocycles. The fraction of sp³-hybridized carbons (Fsp3) is 0.143. The summed E-state index contributed by atoms with van der Waals surface area (Å²) in [5.41, 5.74) is 1.26. The number of pyridine rings is 1. The van der Waals surface area contributed by atoms with Crippen molar-refractivity contribution in [3.8, 4) is 5.88 Å². The number of carboxylic acid groups (broad SMARTS) is 1. The van der Waals surface area contributed by atoms with Gasteiger partial charge in [0.15, 0.2) is 0 Å². The third-order valence-electron chi connectivity index (χ3n) is 2.50. The molecule has 0 unspecified atom stereocenters. The van der Waals surface area contributed by atoms with Gasteiger partial charge in [0.1, 0.15) is 10.6 Å². The van der Waals surface area contributed by atoms with E-state index in [1.165, 1.54) is 30.5 Å². The minimum absolute atomic E-state index is 0.0655. The summed E-state index contributed by atoms with van der Waals surface area (Å²) in [5.74, 6) is -0.916. The molecular weight excluding hydrogens is 262 g/mol. The van der Waals surface area contributed by atoms with E-state index in [1.54, 1.807) is 6.07 Å². The quantitative estimate of drug-likeness (QED) is 0.928. The monoisotopic (exact) mass is 275 g/mol. The molecule has 0 atom stereocenters. The Morgan fingerprint density at radius 3 is 2.47 bits per heavy atom. The van der Waals surface area contributed by atoms with Gasteiger partial charge in [-0.3, -0.25) is 0 Å². The Labute approximate surface area is 115 Å². The number of rotatable bonds is 4. The average Bonchev–Trinajstić information content (AvgIpc) is 2.41. The lowest BCUT2D eigenvalue weighted by Gasteiger charge is -2.06. The Bertz CT molecular complexity index is 596. The van der Waals surface area contributed by atoms with E-state index < -0.39 is 5.97 Å². The van der Waals surface area contributed by atoms with E-state index in [0.29, 0.717) is 5.03 Å². The molecule has 0 saturated carbocycles. The van der Waals surface area contributed by atoms with Crippen molar-refractivity contribution in [2.45, 2.75) is 16.8 Å². The van der Waals surface area contributed by atoms with Gasteiger partial charge in [-0.05, 0) is 31.2 Å². The average molecular weight is 275 g/mol. The van der Waals surface area contributed by atoms with Gasteiger partial charge in [-0.25, -0.2) is 9.78 Å². The van der Waals surface area contributed by atoms with Crippen molar-refractivity contribution in [1.29, 1.82) is 0 Å². The van der Waals surface area contributed by atoms with Crippen LogP contribution in [0.3, 0.4) is 0 Å². The highest BCUT2D eigenvalue weighted by atomic mass is 32.2. The van der Waals surface area contributed by atoms with Gasteiger partial charge in [0.05, 0.1) is 7.11 Å². The first-order chi connectivity index (χ1) is 9.10. The summed E-state index contributed by atoms with van der Waals surface area (Å²) >= 11 is 1.46. The number of carboxylic acids is 1. The van der Waals surface area contributed by atoms with E-state index in [-0.39, 0.29) is 11.4 Å². The number of benzene rings is 1. The third-order valence-corrected chi connectivity index (χ3v) is 3.45. The Kier molecular flexibility index (Phi) is 4.06. The molecule has 0 radical (unpaired) electrons. The Hall–Kier alpha value is -2.01. The smallest absolute Gasteiger partial charge is 0.341 e. The lowest BCUT2D eigenvalue weighted by atomic mass is 10.2. The molecule has 0 aliphatic carbocycles. The van der Waals surface area contributed by atoms with Gasteiger partial charge >= 0.3 is 5.97 Å². The first-order valence-electron chi connectivity index (χ1n) is 5.63. The molecule has 0 bridgehead atoms. The van der Waals surface area contributed by atoms with Crippen molar-refractivity contribution >= 4 is 17.7 Å². The second-order valence-corrected chi connectivity index (χ2v) is 5.02. The summed E-state index contributed by atoms with van der Waals surface area (Å²) in [5, 5.41) is 9.68. The van der Waals surface area contributed by atoms with Crippen LogP contribution in [-0.4, -0.2) is 23.2 Å².